The van der Waals surface area contributed by atoms with E-state index in [-0.39, 0.29) is 24.5 Å². The molecule has 0 fully saturated rings. The lowest BCUT2D eigenvalue weighted by atomic mass is 9.88. The summed E-state index contributed by atoms with van der Waals surface area (Å²) in [4.78, 5) is 37.5. The molecule has 1 aromatic carbocycles. The van der Waals surface area contributed by atoms with Crippen molar-refractivity contribution in [3.8, 4) is 0 Å². The zero-order chi connectivity index (χ0) is 19.6. The number of anilines is 1. The van der Waals surface area contributed by atoms with Crippen LogP contribution in [0.25, 0.3) is 0 Å². The Labute approximate surface area is 166 Å². The molecule has 5 nitrogen and oxygen atoms in total. The maximum atomic E-state index is 12.3. The molecule has 2 amide bonds. The number of rotatable bonds is 6. The van der Waals surface area contributed by atoms with Gasteiger partial charge in [0, 0.05) is 28.3 Å². The number of benzene rings is 1. The quantitative estimate of drug-likeness (QED) is 0.706. The molecule has 1 unspecified atom stereocenters. The van der Waals surface area contributed by atoms with Crippen LogP contribution in [-0.2, 0) is 17.6 Å². The first kappa shape index (κ1) is 19.6. The largest absolute Gasteiger partial charge is 0.365 e. The smallest absolute Gasteiger partial charge is 0.251 e. The SMILES string of the molecule is CC1CCc2c(sc(NC(=O)CCC(=O)c3ccc(Cl)cc3)c2C(N)=O)C1. The van der Waals surface area contributed by atoms with Gasteiger partial charge in [-0.05, 0) is 55.0 Å². The molecule has 3 N–H and O–H groups in total. The summed E-state index contributed by atoms with van der Waals surface area (Å²) < 4.78 is 0. The molecular formula is C20H21ClN2O3S. The summed E-state index contributed by atoms with van der Waals surface area (Å²) >= 11 is 7.24. The van der Waals surface area contributed by atoms with E-state index >= 15 is 0 Å². The average Bonchev–Trinajstić information content (AvgIpc) is 2.97. The number of carbonyl (C=O) groups excluding carboxylic acids is 3. The molecule has 0 aliphatic heterocycles. The molecule has 1 heterocycles. The van der Waals surface area contributed by atoms with Crippen LogP contribution in [0, 0.1) is 5.92 Å². The van der Waals surface area contributed by atoms with Crippen molar-refractivity contribution in [2.24, 2.45) is 11.7 Å². The molecule has 1 aromatic heterocycles. The first-order valence-corrected chi connectivity index (χ1v) is 10.1. The number of carbonyl (C=O) groups is 3. The van der Waals surface area contributed by atoms with Crippen molar-refractivity contribution in [3.05, 3.63) is 50.9 Å². The Morgan fingerprint density at radius 1 is 1.22 bits per heavy atom. The van der Waals surface area contributed by atoms with Crippen LogP contribution in [0.4, 0.5) is 5.00 Å². The van der Waals surface area contributed by atoms with E-state index in [1.165, 1.54) is 11.3 Å². The molecule has 0 spiro atoms. The molecule has 7 heteroatoms. The summed E-state index contributed by atoms with van der Waals surface area (Å²) in [6.45, 7) is 2.17. The van der Waals surface area contributed by atoms with Crippen LogP contribution in [0.15, 0.2) is 24.3 Å². The predicted octanol–water partition coefficient (Wildman–Crippen LogP) is 4.23. The van der Waals surface area contributed by atoms with Gasteiger partial charge in [-0.25, -0.2) is 0 Å². The first-order valence-electron chi connectivity index (χ1n) is 8.88. The molecule has 1 aliphatic carbocycles. The van der Waals surface area contributed by atoms with Gasteiger partial charge in [0.2, 0.25) is 5.91 Å². The number of hydrogen-bond acceptors (Lipinski definition) is 4. The fraction of sp³-hybridized carbons (Fsp3) is 0.350. The highest BCUT2D eigenvalue weighted by Gasteiger charge is 2.27. The molecular weight excluding hydrogens is 384 g/mol. The van der Waals surface area contributed by atoms with E-state index in [9.17, 15) is 14.4 Å². The molecule has 2 aromatic rings. The van der Waals surface area contributed by atoms with Crippen molar-refractivity contribution in [3.63, 3.8) is 0 Å². The van der Waals surface area contributed by atoms with Crippen molar-refractivity contribution >= 4 is 45.5 Å². The minimum atomic E-state index is -0.519. The molecule has 1 atom stereocenters. The van der Waals surface area contributed by atoms with Gasteiger partial charge < -0.3 is 11.1 Å². The van der Waals surface area contributed by atoms with Gasteiger partial charge >= 0.3 is 0 Å². The van der Waals surface area contributed by atoms with Gasteiger partial charge in [0.1, 0.15) is 5.00 Å². The molecule has 3 rings (SSSR count). The van der Waals surface area contributed by atoms with E-state index < -0.39 is 5.91 Å². The molecule has 1 aliphatic rings. The van der Waals surface area contributed by atoms with E-state index in [4.69, 9.17) is 17.3 Å². The molecule has 0 saturated heterocycles. The summed E-state index contributed by atoms with van der Waals surface area (Å²) in [6, 6.07) is 6.57. The zero-order valence-corrected chi connectivity index (χ0v) is 16.6. The maximum Gasteiger partial charge on any atom is 0.251 e. The predicted molar refractivity (Wildman–Crippen MR) is 108 cm³/mol. The van der Waals surface area contributed by atoms with Gasteiger partial charge in [-0.15, -0.1) is 11.3 Å². The molecule has 142 valence electrons. The minimum absolute atomic E-state index is 0.0403. The van der Waals surface area contributed by atoms with Crippen molar-refractivity contribution in [1.82, 2.24) is 0 Å². The van der Waals surface area contributed by atoms with Gasteiger partial charge in [0.25, 0.3) is 5.91 Å². The molecule has 27 heavy (non-hydrogen) atoms. The Morgan fingerprint density at radius 2 is 1.93 bits per heavy atom. The number of amides is 2. The second kappa shape index (κ2) is 8.23. The van der Waals surface area contributed by atoms with E-state index in [1.807, 2.05) is 0 Å². The van der Waals surface area contributed by atoms with E-state index in [0.29, 0.717) is 27.1 Å². The second-order valence-corrected chi connectivity index (χ2v) is 8.44. The number of ketones is 1. The standard InChI is InChI=1S/C20H21ClN2O3S/c1-11-2-7-14-16(10-11)27-20(18(14)19(22)26)23-17(25)9-8-15(24)12-3-5-13(21)6-4-12/h3-6,11H,2,7-10H2,1H3,(H2,22,26)(H,23,25). The number of hydrogen-bond donors (Lipinski definition) is 2. The zero-order valence-electron chi connectivity index (χ0n) is 15.0. The number of nitrogens with two attached hydrogens (primary N) is 1. The number of Topliss-reactive ketones (excluding diaryl/α,β-unsaturated/α-hetero) is 1. The molecule has 0 bridgehead atoms. The number of fused-ring (bicyclic) bond motifs is 1. The highest BCUT2D eigenvalue weighted by Crippen LogP contribution is 2.39. The monoisotopic (exact) mass is 404 g/mol. The summed E-state index contributed by atoms with van der Waals surface area (Å²) in [7, 11) is 0. The van der Waals surface area contributed by atoms with Crippen molar-refractivity contribution in [2.45, 2.75) is 39.0 Å². The van der Waals surface area contributed by atoms with Crippen LogP contribution in [0.2, 0.25) is 5.02 Å². The Morgan fingerprint density at radius 3 is 2.59 bits per heavy atom. The van der Waals surface area contributed by atoms with Crippen LogP contribution < -0.4 is 11.1 Å². The Hall–Kier alpha value is -2.18. The number of nitrogens with one attached hydrogen (secondary N) is 1. The number of primary amides is 1. The summed E-state index contributed by atoms with van der Waals surface area (Å²) in [5.41, 5.74) is 7.47. The number of thiophene rings is 1. The second-order valence-electron chi connectivity index (χ2n) is 6.90. The Balaban J connectivity index is 1.66. The highest BCUT2D eigenvalue weighted by atomic mass is 35.5. The van der Waals surface area contributed by atoms with Gasteiger partial charge in [-0.1, -0.05) is 18.5 Å². The van der Waals surface area contributed by atoms with Gasteiger partial charge in [-0.2, -0.15) is 0 Å². The average molecular weight is 405 g/mol. The highest BCUT2D eigenvalue weighted by molar-refractivity contribution is 7.17. The van der Waals surface area contributed by atoms with E-state index in [1.54, 1.807) is 24.3 Å². The van der Waals surface area contributed by atoms with Crippen molar-refractivity contribution in [2.75, 3.05) is 5.32 Å². The van der Waals surface area contributed by atoms with Crippen LogP contribution >= 0.6 is 22.9 Å². The summed E-state index contributed by atoms with van der Waals surface area (Å²) in [5.74, 6) is -0.394. The lowest BCUT2D eigenvalue weighted by Gasteiger charge is -2.18. The van der Waals surface area contributed by atoms with Gasteiger partial charge in [0.05, 0.1) is 5.56 Å². The fourth-order valence-corrected chi connectivity index (χ4v) is 4.85. The van der Waals surface area contributed by atoms with E-state index in [2.05, 4.69) is 12.2 Å². The van der Waals surface area contributed by atoms with Gasteiger partial charge in [0.15, 0.2) is 5.78 Å². The Bertz CT molecular complexity index is 889. The third-order valence-corrected chi connectivity index (χ3v) is 6.18. The lowest BCUT2D eigenvalue weighted by Crippen LogP contribution is -2.19. The molecule has 0 saturated carbocycles. The van der Waals surface area contributed by atoms with Gasteiger partial charge in [-0.3, -0.25) is 14.4 Å². The normalized spacial score (nSPS) is 15.9. The third kappa shape index (κ3) is 4.57. The maximum absolute atomic E-state index is 12.3. The third-order valence-electron chi connectivity index (χ3n) is 4.76. The fourth-order valence-electron chi connectivity index (χ4n) is 3.30. The van der Waals surface area contributed by atoms with Crippen LogP contribution in [-0.4, -0.2) is 17.6 Å². The minimum Gasteiger partial charge on any atom is -0.365 e. The van der Waals surface area contributed by atoms with Crippen LogP contribution in [0.5, 0.6) is 0 Å². The Kier molecular flexibility index (Phi) is 5.97. The van der Waals surface area contributed by atoms with Crippen LogP contribution in [0.1, 0.15) is 57.3 Å². The summed E-state index contributed by atoms with van der Waals surface area (Å²) in [6.07, 6.45) is 2.83. The van der Waals surface area contributed by atoms with Crippen molar-refractivity contribution in [1.29, 1.82) is 0 Å². The van der Waals surface area contributed by atoms with Crippen LogP contribution in [0.3, 0.4) is 0 Å². The first-order chi connectivity index (χ1) is 12.8. The van der Waals surface area contributed by atoms with Crippen molar-refractivity contribution < 1.29 is 14.4 Å². The number of halogens is 1. The molecule has 0 radical (unpaired) electrons. The topological polar surface area (TPSA) is 89.3 Å². The van der Waals surface area contributed by atoms with E-state index in [0.717, 1.165) is 29.7 Å². The lowest BCUT2D eigenvalue weighted by molar-refractivity contribution is -0.116. The summed E-state index contributed by atoms with van der Waals surface area (Å²) in [5, 5.41) is 3.85.